The first-order valence-corrected chi connectivity index (χ1v) is 10.8. The largest absolute Gasteiger partial charge is 0.361 e. The van der Waals surface area contributed by atoms with E-state index in [1.54, 1.807) is 6.20 Å². The van der Waals surface area contributed by atoms with Crippen LogP contribution in [0.4, 0.5) is 5.82 Å². The summed E-state index contributed by atoms with van der Waals surface area (Å²) in [5.74, 6) is 0.389. The highest BCUT2D eigenvalue weighted by Gasteiger charge is 2.21. The van der Waals surface area contributed by atoms with Crippen molar-refractivity contribution in [3.05, 3.63) is 47.0 Å². The lowest BCUT2D eigenvalue weighted by Gasteiger charge is -2.19. The zero-order chi connectivity index (χ0) is 21.4. The van der Waals surface area contributed by atoms with E-state index in [1.165, 1.54) is 11.8 Å². The van der Waals surface area contributed by atoms with Crippen molar-refractivity contribution < 1.29 is 0 Å². The number of pyridine rings is 1. The zero-order valence-corrected chi connectivity index (χ0v) is 18.5. The summed E-state index contributed by atoms with van der Waals surface area (Å²) in [5.41, 5.74) is 4.84. The average Bonchev–Trinajstić information content (AvgIpc) is 3.32. The van der Waals surface area contributed by atoms with Crippen LogP contribution in [0.5, 0.6) is 0 Å². The van der Waals surface area contributed by atoms with Crippen LogP contribution in [-0.2, 0) is 14.1 Å². The second-order valence-electron chi connectivity index (χ2n) is 6.79. The number of hydrogen-bond donors (Lipinski definition) is 1. The molecule has 10 heteroatoms. The van der Waals surface area contributed by atoms with E-state index in [1.807, 2.05) is 54.9 Å². The fourth-order valence-electron chi connectivity index (χ4n) is 3.36. The Morgan fingerprint density at radius 3 is 2.70 bits per heavy atom. The third kappa shape index (κ3) is 3.49. The normalized spacial score (nSPS) is 12.1. The van der Waals surface area contributed by atoms with E-state index in [9.17, 15) is 5.26 Å². The summed E-state index contributed by atoms with van der Waals surface area (Å²) < 4.78 is 3.85. The van der Waals surface area contributed by atoms with Crippen molar-refractivity contribution >= 4 is 40.2 Å². The Labute approximate surface area is 182 Å². The zero-order valence-electron chi connectivity index (χ0n) is 16.9. The molecule has 4 aromatic heterocycles. The molecule has 0 aromatic carbocycles. The number of aromatic nitrogens is 6. The molecule has 0 aliphatic carbocycles. The number of nitrogens with one attached hydrogen (secondary N) is 1. The van der Waals surface area contributed by atoms with Gasteiger partial charge in [-0.05, 0) is 31.4 Å². The number of anilines is 1. The number of thioether (sulfide) groups is 1. The second kappa shape index (κ2) is 7.97. The molecule has 0 saturated carbocycles. The summed E-state index contributed by atoms with van der Waals surface area (Å²) in [5, 5.41) is 17.8. The molecule has 0 unspecified atom stereocenters. The van der Waals surface area contributed by atoms with Crippen molar-refractivity contribution in [2.75, 3.05) is 11.6 Å². The van der Waals surface area contributed by atoms with Crippen LogP contribution >= 0.6 is 23.4 Å². The first kappa shape index (κ1) is 20.2. The third-order valence-electron chi connectivity index (χ3n) is 4.90. The van der Waals surface area contributed by atoms with E-state index in [4.69, 9.17) is 16.6 Å². The summed E-state index contributed by atoms with van der Waals surface area (Å²) in [4.78, 5) is 13.5. The van der Waals surface area contributed by atoms with Gasteiger partial charge in [-0.25, -0.2) is 15.0 Å². The Hall–Kier alpha value is -3.09. The minimum Gasteiger partial charge on any atom is -0.361 e. The first-order chi connectivity index (χ1) is 14.4. The molecule has 0 aliphatic rings. The average molecular weight is 439 g/mol. The maximum atomic E-state index is 9.54. The Balaban J connectivity index is 1.84. The van der Waals surface area contributed by atoms with Gasteiger partial charge in [0, 0.05) is 32.1 Å². The number of nitrogens with zero attached hydrogens (tertiary/aromatic N) is 7. The van der Waals surface area contributed by atoms with Crippen LogP contribution in [0.2, 0.25) is 5.15 Å². The smallest absolute Gasteiger partial charge is 0.190 e. The van der Waals surface area contributed by atoms with Gasteiger partial charge < -0.3 is 9.88 Å². The minimum absolute atomic E-state index is 0.130. The molecule has 0 saturated heterocycles. The van der Waals surface area contributed by atoms with Crippen LogP contribution < -0.4 is 5.32 Å². The van der Waals surface area contributed by atoms with Crippen molar-refractivity contribution in [3.63, 3.8) is 0 Å². The van der Waals surface area contributed by atoms with E-state index in [2.05, 4.69) is 32.5 Å². The van der Waals surface area contributed by atoms with Crippen LogP contribution in [0.1, 0.15) is 24.2 Å². The molecule has 1 N–H and O–H groups in total. The maximum absolute atomic E-state index is 9.54. The Morgan fingerprint density at radius 1 is 1.23 bits per heavy atom. The predicted octanol–water partition coefficient (Wildman–Crippen LogP) is 4.18. The molecular weight excluding hydrogens is 420 g/mol. The third-order valence-corrected chi connectivity index (χ3v) is 5.72. The summed E-state index contributed by atoms with van der Waals surface area (Å²) in [6.45, 7) is 1.98. The molecule has 0 aliphatic heterocycles. The molecule has 30 heavy (non-hydrogen) atoms. The van der Waals surface area contributed by atoms with E-state index in [-0.39, 0.29) is 16.8 Å². The number of halogens is 1. The minimum atomic E-state index is -0.257. The second-order valence-corrected chi connectivity index (χ2v) is 7.93. The summed E-state index contributed by atoms with van der Waals surface area (Å²) in [6, 6.07) is 7.88. The SMILES string of the molecule is CSc1nc(Cl)c(C#N)c(N[C@@H](C)c2nc3ccn(C)c3cc2-c2ccnn2C)n1. The summed E-state index contributed by atoms with van der Waals surface area (Å²) in [6.07, 6.45) is 5.60. The van der Waals surface area contributed by atoms with Gasteiger partial charge in [0.15, 0.2) is 16.1 Å². The van der Waals surface area contributed by atoms with Crippen molar-refractivity contribution in [2.45, 2.75) is 18.1 Å². The number of fused-ring (bicyclic) bond motifs is 1. The molecule has 4 rings (SSSR count). The van der Waals surface area contributed by atoms with E-state index in [0.29, 0.717) is 11.0 Å². The van der Waals surface area contributed by atoms with Gasteiger partial charge in [0.1, 0.15) is 11.6 Å². The van der Waals surface area contributed by atoms with E-state index < -0.39 is 0 Å². The van der Waals surface area contributed by atoms with Gasteiger partial charge in [0.05, 0.1) is 28.5 Å². The molecule has 1 atom stereocenters. The van der Waals surface area contributed by atoms with Crippen LogP contribution in [0, 0.1) is 11.3 Å². The Morgan fingerprint density at radius 2 is 2.03 bits per heavy atom. The molecule has 0 radical (unpaired) electrons. The van der Waals surface area contributed by atoms with Crippen molar-refractivity contribution in [1.29, 1.82) is 5.26 Å². The molecule has 8 nitrogen and oxygen atoms in total. The van der Waals surface area contributed by atoms with Crippen LogP contribution in [-0.4, -0.2) is 35.6 Å². The van der Waals surface area contributed by atoms with E-state index in [0.717, 1.165) is 28.0 Å². The lowest BCUT2D eigenvalue weighted by molar-refractivity contribution is 0.768. The van der Waals surface area contributed by atoms with Crippen LogP contribution in [0.25, 0.3) is 22.3 Å². The molecule has 0 amide bonds. The highest BCUT2D eigenvalue weighted by molar-refractivity contribution is 7.98. The fraction of sp³-hybridized carbons (Fsp3) is 0.250. The lowest BCUT2D eigenvalue weighted by Crippen LogP contribution is -2.14. The highest BCUT2D eigenvalue weighted by atomic mass is 35.5. The first-order valence-electron chi connectivity index (χ1n) is 9.15. The van der Waals surface area contributed by atoms with Gasteiger partial charge in [-0.3, -0.25) is 4.68 Å². The van der Waals surface area contributed by atoms with Crippen LogP contribution in [0.3, 0.4) is 0 Å². The van der Waals surface area contributed by atoms with Gasteiger partial charge >= 0.3 is 0 Å². The van der Waals surface area contributed by atoms with Crippen molar-refractivity contribution in [2.24, 2.45) is 14.1 Å². The highest BCUT2D eigenvalue weighted by Crippen LogP contribution is 2.33. The molecule has 0 bridgehead atoms. The van der Waals surface area contributed by atoms with E-state index >= 15 is 0 Å². The summed E-state index contributed by atoms with van der Waals surface area (Å²) in [7, 11) is 3.89. The predicted molar refractivity (Wildman–Crippen MR) is 118 cm³/mol. The van der Waals surface area contributed by atoms with Crippen molar-refractivity contribution in [3.8, 4) is 17.3 Å². The molecular formula is C20H19ClN8S. The van der Waals surface area contributed by atoms with Crippen molar-refractivity contribution in [1.82, 2.24) is 29.3 Å². The van der Waals surface area contributed by atoms with Crippen LogP contribution in [0.15, 0.2) is 35.7 Å². The number of rotatable bonds is 5. The summed E-state index contributed by atoms with van der Waals surface area (Å²) >= 11 is 7.56. The number of hydrogen-bond acceptors (Lipinski definition) is 7. The van der Waals surface area contributed by atoms with Gasteiger partial charge in [0.25, 0.3) is 0 Å². The van der Waals surface area contributed by atoms with Gasteiger partial charge in [0.2, 0.25) is 0 Å². The standard InChI is InChI=1S/C20H19ClN8S/c1-11(24-19-13(10-22)18(21)26-20(27-19)30-4)17-12(15-5-7-23-29(15)3)9-16-14(25-17)6-8-28(16)2/h5-9,11H,1-4H3,(H,24,26,27)/t11-/m0/s1. The van der Waals surface area contributed by atoms with Gasteiger partial charge in [-0.1, -0.05) is 23.4 Å². The quantitative estimate of drug-likeness (QED) is 0.283. The monoisotopic (exact) mass is 438 g/mol. The Kier molecular flexibility index (Phi) is 5.37. The molecule has 152 valence electrons. The topological polar surface area (TPSA) is 97.2 Å². The molecule has 4 heterocycles. The number of aryl methyl sites for hydroxylation is 2. The molecule has 0 spiro atoms. The number of nitriles is 1. The lowest BCUT2D eigenvalue weighted by atomic mass is 10.0. The van der Waals surface area contributed by atoms with Gasteiger partial charge in [-0.2, -0.15) is 10.4 Å². The Bertz CT molecular complexity index is 1290. The fourth-order valence-corrected chi connectivity index (χ4v) is 3.98. The molecule has 4 aromatic rings. The molecule has 0 fully saturated rings. The van der Waals surface area contributed by atoms with Gasteiger partial charge in [-0.15, -0.1) is 0 Å². The maximum Gasteiger partial charge on any atom is 0.190 e.